The maximum Gasteiger partial charge on any atom is 0.246 e. The summed E-state index contributed by atoms with van der Waals surface area (Å²) >= 11 is 0. The molecular formula is C13H17NO4S. The second-order valence-electron chi connectivity index (χ2n) is 3.93. The highest BCUT2D eigenvalue weighted by atomic mass is 32.2. The number of ether oxygens (including phenoxy) is 1. The summed E-state index contributed by atoms with van der Waals surface area (Å²) in [5.74, 6) is 5.83. The fourth-order valence-electron chi connectivity index (χ4n) is 1.37. The maximum atomic E-state index is 12.2. The van der Waals surface area contributed by atoms with Gasteiger partial charge in [-0.05, 0) is 18.2 Å². The quantitative estimate of drug-likeness (QED) is 0.825. The van der Waals surface area contributed by atoms with Crippen LogP contribution in [0.1, 0.15) is 12.0 Å². The van der Waals surface area contributed by atoms with E-state index in [1.54, 1.807) is 12.1 Å². The molecule has 0 aliphatic rings. The van der Waals surface area contributed by atoms with E-state index in [1.807, 2.05) is 0 Å². The van der Waals surface area contributed by atoms with Crippen molar-refractivity contribution >= 4 is 10.0 Å². The molecule has 1 aromatic rings. The second kappa shape index (κ2) is 6.57. The van der Waals surface area contributed by atoms with E-state index in [0.717, 1.165) is 4.31 Å². The van der Waals surface area contributed by atoms with Gasteiger partial charge < -0.3 is 9.84 Å². The van der Waals surface area contributed by atoms with Crippen LogP contribution in [0.4, 0.5) is 0 Å². The van der Waals surface area contributed by atoms with Crippen molar-refractivity contribution in [1.82, 2.24) is 4.31 Å². The van der Waals surface area contributed by atoms with E-state index in [1.165, 1.54) is 27.3 Å². The second-order valence-corrected chi connectivity index (χ2v) is 6.05. The fourth-order valence-corrected chi connectivity index (χ4v) is 2.45. The first kappa shape index (κ1) is 15.5. The first-order valence-corrected chi connectivity index (χ1v) is 7.07. The Morgan fingerprint density at radius 3 is 2.58 bits per heavy atom. The number of sulfonamides is 1. The van der Waals surface area contributed by atoms with Gasteiger partial charge in [-0.15, -0.1) is 0 Å². The lowest BCUT2D eigenvalue weighted by Crippen LogP contribution is -2.22. The normalized spacial score (nSPS) is 11.0. The number of benzene rings is 1. The average molecular weight is 283 g/mol. The lowest BCUT2D eigenvalue weighted by atomic mass is 10.2. The van der Waals surface area contributed by atoms with Crippen LogP contribution in [0.3, 0.4) is 0 Å². The predicted molar refractivity (Wildman–Crippen MR) is 72.4 cm³/mol. The molecule has 0 spiro atoms. The molecule has 0 aliphatic carbocycles. The Morgan fingerprint density at radius 1 is 1.37 bits per heavy atom. The third-order valence-corrected chi connectivity index (χ3v) is 4.23. The van der Waals surface area contributed by atoms with Gasteiger partial charge in [-0.1, -0.05) is 11.8 Å². The van der Waals surface area contributed by atoms with E-state index in [2.05, 4.69) is 11.8 Å². The summed E-state index contributed by atoms with van der Waals surface area (Å²) in [6, 6.07) is 4.72. The Kier molecular flexibility index (Phi) is 5.36. The average Bonchev–Trinajstić information content (AvgIpc) is 2.38. The molecule has 0 aromatic heterocycles. The van der Waals surface area contributed by atoms with Gasteiger partial charge in [-0.3, -0.25) is 0 Å². The van der Waals surface area contributed by atoms with Crippen molar-refractivity contribution < 1.29 is 18.3 Å². The molecule has 0 saturated carbocycles. The summed E-state index contributed by atoms with van der Waals surface area (Å²) in [6.45, 7) is -0.0218. The third kappa shape index (κ3) is 3.70. The summed E-state index contributed by atoms with van der Waals surface area (Å²) in [7, 11) is 0.751. The van der Waals surface area contributed by atoms with Gasteiger partial charge in [-0.25, -0.2) is 12.7 Å². The van der Waals surface area contributed by atoms with Crippen molar-refractivity contribution in [2.45, 2.75) is 11.3 Å². The van der Waals surface area contributed by atoms with Crippen LogP contribution in [-0.2, 0) is 10.0 Å². The smallest absolute Gasteiger partial charge is 0.246 e. The molecule has 19 heavy (non-hydrogen) atoms. The number of nitrogens with zero attached hydrogens (tertiary/aromatic N) is 1. The van der Waals surface area contributed by atoms with E-state index < -0.39 is 10.0 Å². The number of methoxy groups -OCH3 is 1. The van der Waals surface area contributed by atoms with Crippen molar-refractivity contribution in [1.29, 1.82) is 0 Å². The van der Waals surface area contributed by atoms with Crippen molar-refractivity contribution in [3.05, 3.63) is 23.8 Å². The summed E-state index contributed by atoms with van der Waals surface area (Å²) in [5.41, 5.74) is 0.565. The van der Waals surface area contributed by atoms with Crippen LogP contribution >= 0.6 is 0 Å². The SMILES string of the molecule is COc1ccc(C#CCCO)cc1S(=O)(=O)N(C)C. The number of hydrogen-bond acceptors (Lipinski definition) is 4. The van der Waals surface area contributed by atoms with Gasteiger partial charge in [0.25, 0.3) is 0 Å². The number of rotatable bonds is 4. The highest BCUT2D eigenvalue weighted by molar-refractivity contribution is 7.89. The largest absolute Gasteiger partial charge is 0.495 e. The highest BCUT2D eigenvalue weighted by Crippen LogP contribution is 2.26. The van der Waals surface area contributed by atoms with Crippen LogP contribution in [-0.4, -0.2) is 45.6 Å². The molecule has 0 heterocycles. The monoisotopic (exact) mass is 283 g/mol. The molecule has 1 rings (SSSR count). The van der Waals surface area contributed by atoms with Gasteiger partial charge in [0, 0.05) is 26.1 Å². The Balaban J connectivity index is 3.30. The summed E-state index contributed by atoms with van der Waals surface area (Å²) < 4.78 is 30.5. The maximum absolute atomic E-state index is 12.2. The zero-order chi connectivity index (χ0) is 14.5. The minimum atomic E-state index is -3.58. The van der Waals surface area contributed by atoms with Crippen molar-refractivity contribution in [3.8, 4) is 17.6 Å². The Bertz CT molecular complexity index is 597. The minimum absolute atomic E-state index is 0.0218. The topological polar surface area (TPSA) is 66.8 Å². The van der Waals surface area contributed by atoms with Crippen LogP contribution in [0, 0.1) is 11.8 Å². The van der Waals surface area contributed by atoms with Gasteiger partial charge >= 0.3 is 0 Å². The molecule has 1 N–H and O–H groups in total. The van der Waals surface area contributed by atoms with Crippen LogP contribution in [0.2, 0.25) is 0 Å². The molecular weight excluding hydrogens is 266 g/mol. The molecule has 0 atom stereocenters. The van der Waals surface area contributed by atoms with Crippen LogP contribution in [0.15, 0.2) is 23.1 Å². The van der Waals surface area contributed by atoms with Gasteiger partial charge in [0.05, 0.1) is 13.7 Å². The molecule has 0 bridgehead atoms. The van der Waals surface area contributed by atoms with E-state index >= 15 is 0 Å². The first-order valence-electron chi connectivity index (χ1n) is 5.63. The van der Waals surface area contributed by atoms with Crippen LogP contribution in [0.5, 0.6) is 5.75 Å². The molecule has 0 fully saturated rings. The number of aliphatic hydroxyl groups is 1. The van der Waals surface area contributed by atoms with E-state index in [4.69, 9.17) is 9.84 Å². The Hall–Kier alpha value is -1.55. The lowest BCUT2D eigenvalue weighted by molar-refractivity contribution is 0.305. The molecule has 6 heteroatoms. The zero-order valence-corrected chi connectivity index (χ0v) is 12.0. The van der Waals surface area contributed by atoms with Gasteiger partial charge in [0.2, 0.25) is 10.0 Å². The lowest BCUT2D eigenvalue weighted by Gasteiger charge is -2.14. The van der Waals surface area contributed by atoms with Crippen molar-refractivity contribution in [2.75, 3.05) is 27.8 Å². The Morgan fingerprint density at radius 2 is 2.05 bits per heavy atom. The summed E-state index contributed by atoms with van der Waals surface area (Å²) in [4.78, 5) is 0.0794. The van der Waals surface area contributed by atoms with E-state index in [-0.39, 0.29) is 17.3 Å². The summed E-state index contributed by atoms with van der Waals surface area (Å²) in [5, 5.41) is 8.66. The first-order chi connectivity index (χ1) is 8.93. The predicted octanol–water partition coefficient (Wildman–Crippen LogP) is 0.679. The summed E-state index contributed by atoms with van der Waals surface area (Å²) in [6.07, 6.45) is 0.349. The van der Waals surface area contributed by atoms with E-state index in [0.29, 0.717) is 12.0 Å². The molecule has 0 radical (unpaired) electrons. The molecule has 5 nitrogen and oxygen atoms in total. The van der Waals surface area contributed by atoms with Gasteiger partial charge in [0.15, 0.2) is 0 Å². The highest BCUT2D eigenvalue weighted by Gasteiger charge is 2.22. The van der Waals surface area contributed by atoms with Crippen LogP contribution in [0.25, 0.3) is 0 Å². The third-order valence-electron chi connectivity index (χ3n) is 2.39. The van der Waals surface area contributed by atoms with Crippen molar-refractivity contribution in [2.24, 2.45) is 0 Å². The Labute approximate surface area is 113 Å². The minimum Gasteiger partial charge on any atom is -0.495 e. The molecule has 0 unspecified atom stereocenters. The van der Waals surface area contributed by atoms with E-state index in [9.17, 15) is 8.42 Å². The van der Waals surface area contributed by atoms with Crippen LogP contribution < -0.4 is 4.74 Å². The molecule has 0 amide bonds. The zero-order valence-electron chi connectivity index (χ0n) is 11.2. The standard InChI is InChI=1S/C13H17NO4S/c1-14(2)19(16,17)13-10-11(6-4-5-9-15)7-8-12(13)18-3/h7-8,10,15H,5,9H2,1-3H3. The van der Waals surface area contributed by atoms with Gasteiger partial charge in [-0.2, -0.15) is 0 Å². The fraction of sp³-hybridized carbons (Fsp3) is 0.385. The van der Waals surface area contributed by atoms with Gasteiger partial charge in [0.1, 0.15) is 10.6 Å². The van der Waals surface area contributed by atoms with Crippen molar-refractivity contribution in [3.63, 3.8) is 0 Å². The molecule has 1 aromatic carbocycles. The molecule has 104 valence electrons. The molecule has 0 saturated heterocycles. The number of hydrogen-bond donors (Lipinski definition) is 1. The molecule has 0 aliphatic heterocycles. The number of aliphatic hydroxyl groups excluding tert-OH is 1.